The minimum atomic E-state index is -0.335. The molecule has 1 heterocycles. The number of carbonyl (C=O) groups excluding carboxylic acids is 2. The maximum atomic E-state index is 12.0. The first-order chi connectivity index (χ1) is 8.70. The van der Waals surface area contributed by atoms with Crippen molar-refractivity contribution in [2.75, 3.05) is 26.3 Å². The number of amides is 2. The van der Waals surface area contributed by atoms with Gasteiger partial charge in [0.25, 0.3) is 0 Å². The van der Waals surface area contributed by atoms with Gasteiger partial charge < -0.3 is 15.0 Å². The highest BCUT2D eigenvalue weighted by Crippen LogP contribution is 2.28. The molecule has 2 fully saturated rings. The fourth-order valence-corrected chi connectivity index (χ4v) is 2.13. The molecule has 0 aromatic rings. The molecular weight excluding hydrogens is 232 g/mol. The van der Waals surface area contributed by atoms with Crippen LogP contribution in [0.4, 0.5) is 0 Å². The zero-order chi connectivity index (χ0) is 13.0. The maximum absolute atomic E-state index is 12.0. The van der Waals surface area contributed by atoms with Crippen LogP contribution in [0, 0.1) is 5.92 Å². The van der Waals surface area contributed by atoms with Crippen molar-refractivity contribution in [3.63, 3.8) is 0 Å². The summed E-state index contributed by atoms with van der Waals surface area (Å²) in [4.78, 5) is 25.0. The second-order valence-corrected chi connectivity index (χ2v) is 5.16. The van der Waals surface area contributed by atoms with Crippen molar-refractivity contribution in [2.45, 2.75) is 38.6 Å². The molecule has 2 rings (SSSR count). The van der Waals surface area contributed by atoms with Gasteiger partial charge in [0.2, 0.25) is 11.8 Å². The largest absolute Gasteiger partial charge is 0.381 e. The number of carbonyl (C=O) groups is 2. The van der Waals surface area contributed by atoms with E-state index in [1.807, 2.05) is 6.92 Å². The molecular formula is C13H22N2O3. The molecule has 0 aromatic carbocycles. The lowest BCUT2D eigenvalue weighted by atomic mass is 10.1. The zero-order valence-corrected chi connectivity index (χ0v) is 11.0. The predicted molar refractivity (Wildman–Crippen MR) is 67.0 cm³/mol. The van der Waals surface area contributed by atoms with Crippen molar-refractivity contribution in [2.24, 2.45) is 5.92 Å². The summed E-state index contributed by atoms with van der Waals surface area (Å²) in [7, 11) is 0. The van der Waals surface area contributed by atoms with E-state index in [0.29, 0.717) is 19.6 Å². The second-order valence-electron chi connectivity index (χ2n) is 5.16. The van der Waals surface area contributed by atoms with Crippen LogP contribution in [0.3, 0.4) is 0 Å². The van der Waals surface area contributed by atoms with Gasteiger partial charge in [0.1, 0.15) is 6.04 Å². The lowest BCUT2D eigenvalue weighted by Crippen LogP contribution is -2.57. The van der Waals surface area contributed by atoms with E-state index in [0.717, 1.165) is 18.9 Å². The third-order valence-electron chi connectivity index (χ3n) is 3.45. The number of nitrogens with zero attached hydrogens (tertiary/aromatic N) is 1. The SMILES string of the molecule is CCC1NC(=O)CN(CCCOCC2CC2)C1=O. The molecule has 0 radical (unpaired) electrons. The third-order valence-corrected chi connectivity index (χ3v) is 3.45. The van der Waals surface area contributed by atoms with Crippen molar-refractivity contribution < 1.29 is 14.3 Å². The fraction of sp³-hybridized carbons (Fsp3) is 0.846. The van der Waals surface area contributed by atoms with Crippen LogP contribution in [0.15, 0.2) is 0 Å². The minimum Gasteiger partial charge on any atom is -0.381 e. The van der Waals surface area contributed by atoms with Gasteiger partial charge in [-0.05, 0) is 31.6 Å². The molecule has 0 bridgehead atoms. The van der Waals surface area contributed by atoms with E-state index in [-0.39, 0.29) is 24.4 Å². The van der Waals surface area contributed by atoms with Gasteiger partial charge in [-0.2, -0.15) is 0 Å². The molecule has 5 nitrogen and oxygen atoms in total. The molecule has 0 spiro atoms. The number of nitrogens with one attached hydrogen (secondary N) is 1. The average Bonchev–Trinajstić information content (AvgIpc) is 3.16. The smallest absolute Gasteiger partial charge is 0.245 e. The van der Waals surface area contributed by atoms with Crippen LogP contribution >= 0.6 is 0 Å². The first-order valence-electron chi connectivity index (χ1n) is 6.86. The molecule has 1 N–H and O–H groups in total. The van der Waals surface area contributed by atoms with Crippen LogP contribution in [0.2, 0.25) is 0 Å². The molecule has 1 aliphatic heterocycles. The normalized spacial score (nSPS) is 24.3. The van der Waals surface area contributed by atoms with Crippen molar-refractivity contribution in [3.8, 4) is 0 Å². The second kappa shape index (κ2) is 6.18. The highest BCUT2D eigenvalue weighted by Gasteiger charge is 2.30. The Morgan fingerprint density at radius 3 is 2.83 bits per heavy atom. The van der Waals surface area contributed by atoms with Gasteiger partial charge in [-0.1, -0.05) is 6.92 Å². The standard InChI is InChI=1S/C13H22N2O3/c1-2-11-13(17)15(8-12(16)14-11)6-3-7-18-9-10-4-5-10/h10-11H,2-9H2,1H3,(H,14,16). The van der Waals surface area contributed by atoms with Crippen molar-refractivity contribution in [1.82, 2.24) is 10.2 Å². The molecule has 1 saturated carbocycles. The van der Waals surface area contributed by atoms with E-state index in [1.165, 1.54) is 12.8 Å². The van der Waals surface area contributed by atoms with Crippen LogP contribution in [0.1, 0.15) is 32.6 Å². The monoisotopic (exact) mass is 254 g/mol. The van der Waals surface area contributed by atoms with Gasteiger partial charge in [0, 0.05) is 19.8 Å². The van der Waals surface area contributed by atoms with E-state index in [1.54, 1.807) is 4.90 Å². The Kier molecular flexibility index (Phi) is 4.58. The Morgan fingerprint density at radius 2 is 2.17 bits per heavy atom. The van der Waals surface area contributed by atoms with Crippen LogP contribution < -0.4 is 5.32 Å². The molecule has 0 aromatic heterocycles. The fourth-order valence-electron chi connectivity index (χ4n) is 2.13. The topological polar surface area (TPSA) is 58.6 Å². The predicted octanol–water partition coefficient (Wildman–Crippen LogP) is 0.540. The number of hydrogen-bond donors (Lipinski definition) is 1. The third kappa shape index (κ3) is 3.70. The van der Waals surface area contributed by atoms with E-state index >= 15 is 0 Å². The summed E-state index contributed by atoms with van der Waals surface area (Å²) in [5, 5.41) is 2.71. The van der Waals surface area contributed by atoms with E-state index < -0.39 is 0 Å². The Morgan fingerprint density at radius 1 is 1.39 bits per heavy atom. The van der Waals surface area contributed by atoms with Crippen LogP contribution in [0.25, 0.3) is 0 Å². The van der Waals surface area contributed by atoms with E-state index in [2.05, 4.69) is 5.32 Å². The minimum absolute atomic E-state index is 0.0410. The molecule has 1 aliphatic carbocycles. The van der Waals surface area contributed by atoms with Gasteiger partial charge in [-0.25, -0.2) is 0 Å². The number of ether oxygens (including phenoxy) is 1. The summed E-state index contributed by atoms with van der Waals surface area (Å²) in [6.07, 6.45) is 4.05. The highest BCUT2D eigenvalue weighted by molar-refractivity contribution is 5.94. The first kappa shape index (κ1) is 13.3. The molecule has 2 amide bonds. The van der Waals surface area contributed by atoms with E-state index in [9.17, 15) is 9.59 Å². The number of piperazine rings is 1. The summed E-state index contributed by atoms with van der Waals surface area (Å²) in [6, 6.07) is -0.335. The van der Waals surface area contributed by atoms with Gasteiger partial charge in [-0.15, -0.1) is 0 Å². The summed E-state index contributed by atoms with van der Waals surface area (Å²) in [5.74, 6) is 0.761. The van der Waals surface area contributed by atoms with Crippen molar-refractivity contribution in [1.29, 1.82) is 0 Å². The highest BCUT2D eigenvalue weighted by atomic mass is 16.5. The Labute approximate surface area is 108 Å². The van der Waals surface area contributed by atoms with Crippen LogP contribution in [0.5, 0.6) is 0 Å². The lowest BCUT2D eigenvalue weighted by molar-refractivity contribution is -0.144. The van der Waals surface area contributed by atoms with Crippen LogP contribution in [-0.2, 0) is 14.3 Å². The molecule has 2 aliphatic rings. The number of rotatable bonds is 7. The summed E-state index contributed by atoms with van der Waals surface area (Å²) in [6.45, 7) is 4.25. The van der Waals surface area contributed by atoms with Gasteiger partial charge in [0.15, 0.2) is 0 Å². The van der Waals surface area contributed by atoms with Gasteiger partial charge in [0.05, 0.1) is 6.54 Å². The van der Waals surface area contributed by atoms with Crippen LogP contribution in [-0.4, -0.2) is 49.1 Å². The summed E-state index contributed by atoms with van der Waals surface area (Å²) in [5.41, 5.74) is 0. The molecule has 5 heteroatoms. The lowest BCUT2D eigenvalue weighted by Gasteiger charge is -2.32. The quantitative estimate of drug-likeness (QED) is 0.675. The molecule has 18 heavy (non-hydrogen) atoms. The van der Waals surface area contributed by atoms with E-state index in [4.69, 9.17) is 4.74 Å². The summed E-state index contributed by atoms with van der Waals surface area (Å²) < 4.78 is 5.53. The molecule has 102 valence electrons. The number of hydrogen-bond acceptors (Lipinski definition) is 3. The first-order valence-corrected chi connectivity index (χ1v) is 6.86. The Balaban J connectivity index is 1.66. The maximum Gasteiger partial charge on any atom is 0.245 e. The summed E-state index contributed by atoms with van der Waals surface area (Å²) >= 11 is 0. The Hall–Kier alpha value is -1.10. The van der Waals surface area contributed by atoms with Crippen molar-refractivity contribution in [3.05, 3.63) is 0 Å². The van der Waals surface area contributed by atoms with Gasteiger partial charge >= 0.3 is 0 Å². The molecule has 1 atom stereocenters. The molecule has 1 saturated heterocycles. The zero-order valence-electron chi connectivity index (χ0n) is 11.0. The van der Waals surface area contributed by atoms with Crippen molar-refractivity contribution >= 4 is 11.8 Å². The van der Waals surface area contributed by atoms with Gasteiger partial charge in [-0.3, -0.25) is 9.59 Å². The average molecular weight is 254 g/mol. The molecule has 1 unspecified atom stereocenters. The Bertz CT molecular complexity index is 315.